The molecule has 1 aliphatic carbocycles. The maximum absolute atomic E-state index is 14.0. The summed E-state index contributed by atoms with van der Waals surface area (Å²) in [7, 11) is -2.23. The van der Waals surface area contributed by atoms with Gasteiger partial charge in [0.05, 0.1) is 24.1 Å². The SMILES string of the molecule is COc1ccc(N(CCCC(=O)N(Cc2ccc(F)cc2)[C@@H](Cc2ccccc2)C(=O)NC2CCCC2)S(C)(=O)=O)cc1Cl. The smallest absolute Gasteiger partial charge is 0.243 e. The topological polar surface area (TPSA) is 96.0 Å². The van der Waals surface area contributed by atoms with Crippen molar-refractivity contribution in [2.75, 3.05) is 24.2 Å². The van der Waals surface area contributed by atoms with Gasteiger partial charge in [0.2, 0.25) is 21.8 Å². The average molecular weight is 644 g/mol. The second-order valence-electron chi connectivity index (χ2n) is 11.1. The Morgan fingerprint density at radius 1 is 1.02 bits per heavy atom. The van der Waals surface area contributed by atoms with E-state index in [2.05, 4.69) is 5.32 Å². The van der Waals surface area contributed by atoms with Crippen LogP contribution >= 0.6 is 11.6 Å². The number of sulfonamides is 1. The fourth-order valence-electron chi connectivity index (χ4n) is 5.52. The second kappa shape index (κ2) is 15.4. The van der Waals surface area contributed by atoms with Crippen LogP contribution in [0.2, 0.25) is 5.02 Å². The molecule has 0 spiro atoms. The first kappa shape index (κ1) is 33.3. The minimum atomic E-state index is -3.70. The van der Waals surface area contributed by atoms with Crippen LogP contribution in [0.4, 0.5) is 10.1 Å². The van der Waals surface area contributed by atoms with E-state index in [-0.39, 0.29) is 48.8 Å². The molecule has 0 unspecified atom stereocenters. The standard InChI is InChI=1S/C33H39ClFN3O5S/c1-43-31-19-18-28(22-29(31)34)38(44(2,41)42)20-8-13-32(39)37(23-25-14-16-26(35)17-15-25)30(21-24-9-4-3-5-10-24)33(40)36-27-11-6-7-12-27/h3-5,9-10,14-19,22,27,30H,6-8,11-13,20-21,23H2,1-2H3,(H,36,40)/t30-/m0/s1. The third kappa shape index (κ3) is 9.19. The van der Waals surface area contributed by atoms with Gasteiger partial charge in [0.25, 0.3) is 0 Å². The zero-order chi connectivity index (χ0) is 31.7. The summed E-state index contributed by atoms with van der Waals surface area (Å²) in [5.74, 6) is -0.526. The number of rotatable bonds is 14. The molecule has 4 rings (SSSR count). The van der Waals surface area contributed by atoms with E-state index in [4.69, 9.17) is 16.3 Å². The Kier molecular flexibility index (Phi) is 11.6. The number of halogens is 2. The molecule has 8 nitrogen and oxygen atoms in total. The molecule has 1 fully saturated rings. The van der Waals surface area contributed by atoms with Crippen LogP contribution in [0.3, 0.4) is 0 Å². The molecule has 0 radical (unpaired) electrons. The number of nitrogens with zero attached hydrogens (tertiary/aromatic N) is 2. The highest BCUT2D eigenvalue weighted by molar-refractivity contribution is 7.92. The van der Waals surface area contributed by atoms with Crippen molar-refractivity contribution in [2.45, 2.75) is 63.6 Å². The Hall–Kier alpha value is -3.63. The van der Waals surface area contributed by atoms with Gasteiger partial charge in [-0.05, 0) is 60.7 Å². The van der Waals surface area contributed by atoms with E-state index in [0.717, 1.165) is 37.5 Å². The predicted octanol–water partition coefficient (Wildman–Crippen LogP) is 5.73. The number of anilines is 1. The van der Waals surface area contributed by atoms with Crippen LogP contribution in [-0.2, 0) is 32.6 Å². The Bertz CT molecular complexity index is 1520. The lowest BCUT2D eigenvalue weighted by atomic mass is 10.0. The molecule has 44 heavy (non-hydrogen) atoms. The number of ether oxygens (including phenoxy) is 1. The Labute approximate surface area is 264 Å². The summed E-state index contributed by atoms with van der Waals surface area (Å²) in [6, 6.07) is 19.3. The molecule has 1 aliphatic rings. The lowest BCUT2D eigenvalue weighted by Crippen LogP contribution is -2.52. The summed E-state index contributed by atoms with van der Waals surface area (Å²) in [4.78, 5) is 29.3. The number of carbonyl (C=O) groups is 2. The van der Waals surface area contributed by atoms with Crippen LogP contribution in [0.1, 0.15) is 49.7 Å². The van der Waals surface area contributed by atoms with Crippen molar-refractivity contribution in [1.29, 1.82) is 0 Å². The van der Waals surface area contributed by atoms with Gasteiger partial charge in [0, 0.05) is 32.0 Å². The van der Waals surface area contributed by atoms with E-state index in [1.807, 2.05) is 30.3 Å². The van der Waals surface area contributed by atoms with E-state index in [9.17, 15) is 22.4 Å². The van der Waals surface area contributed by atoms with Crippen LogP contribution in [0.5, 0.6) is 5.75 Å². The number of amides is 2. The summed E-state index contributed by atoms with van der Waals surface area (Å²) in [5.41, 5.74) is 1.93. The van der Waals surface area contributed by atoms with E-state index in [0.29, 0.717) is 23.4 Å². The van der Waals surface area contributed by atoms with Crippen LogP contribution in [0.25, 0.3) is 0 Å². The molecule has 1 saturated carbocycles. The summed E-state index contributed by atoms with van der Waals surface area (Å²) < 4.78 is 45.5. The van der Waals surface area contributed by atoms with Crippen LogP contribution in [-0.4, -0.2) is 57.1 Å². The van der Waals surface area contributed by atoms with Crippen molar-refractivity contribution < 1.29 is 27.1 Å². The Morgan fingerprint density at radius 3 is 2.32 bits per heavy atom. The highest BCUT2D eigenvalue weighted by atomic mass is 35.5. The number of methoxy groups -OCH3 is 1. The van der Waals surface area contributed by atoms with Gasteiger partial charge < -0.3 is 15.0 Å². The lowest BCUT2D eigenvalue weighted by molar-refractivity contribution is -0.141. The monoisotopic (exact) mass is 643 g/mol. The van der Waals surface area contributed by atoms with Gasteiger partial charge in [-0.1, -0.05) is 66.9 Å². The number of hydrogen-bond donors (Lipinski definition) is 1. The van der Waals surface area contributed by atoms with Gasteiger partial charge in [-0.15, -0.1) is 0 Å². The van der Waals surface area contributed by atoms with Gasteiger partial charge in [0.1, 0.15) is 17.6 Å². The molecule has 0 bridgehead atoms. The van der Waals surface area contributed by atoms with E-state index in [1.165, 1.54) is 29.6 Å². The number of carbonyl (C=O) groups excluding carboxylic acids is 2. The summed E-state index contributed by atoms with van der Waals surface area (Å²) in [6.45, 7) is 0.119. The normalized spacial score (nSPS) is 14.2. The number of hydrogen-bond acceptors (Lipinski definition) is 5. The first-order valence-corrected chi connectivity index (χ1v) is 17.0. The molecule has 3 aromatic carbocycles. The van der Waals surface area contributed by atoms with Crippen molar-refractivity contribution in [1.82, 2.24) is 10.2 Å². The van der Waals surface area contributed by atoms with E-state index in [1.54, 1.807) is 29.2 Å². The molecule has 0 aliphatic heterocycles. The van der Waals surface area contributed by atoms with Crippen LogP contribution in [0, 0.1) is 5.82 Å². The number of benzene rings is 3. The minimum Gasteiger partial charge on any atom is -0.495 e. The molecular formula is C33H39ClFN3O5S. The number of nitrogens with one attached hydrogen (secondary N) is 1. The third-order valence-electron chi connectivity index (χ3n) is 7.81. The van der Waals surface area contributed by atoms with Gasteiger partial charge in [0.15, 0.2) is 0 Å². The largest absolute Gasteiger partial charge is 0.495 e. The van der Waals surface area contributed by atoms with Crippen molar-refractivity contribution in [3.8, 4) is 5.75 Å². The quantitative estimate of drug-likeness (QED) is 0.242. The van der Waals surface area contributed by atoms with E-state index < -0.39 is 21.9 Å². The maximum atomic E-state index is 14.0. The molecule has 11 heteroatoms. The highest BCUT2D eigenvalue weighted by Crippen LogP contribution is 2.30. The Balaban J connectivity index is 1.58. The first-order chi connectivity index (χ1) is 21.0. The highest BCUT2D eigenvalue weighted by Gasteiger charge is 2.32. The molecule has 0 heterocycles. The van der Waals surface area contributed by atoms with Gasteiger partial charge >= 0.3 is 0 Å². The lowest BCUT2D eigenvalue weighted by Gasteiger charge is -2.33. The molecule has 1 N–H and O–H groups in total. The summed E-state index contributed by atoms with van der Waals surface area (Å²) in [5, 5.41) is 3.42. The van der Waals surface area contributed by atoms with Crippen molar-refractivity contribution in [3.63, 3.8) is 0 Å². The predicted molar refractivity (Wildman–Crippen MR) is 171 cm³/mol. The van der Waals surface area contributed by atoms with Crippen molar-refractivity contribution in [2.24, 2.45) is 0 Å². The summed E-state index contributed by atoms with van der Waals surface area (Å²) >= 11 is 6.26. The van der Waals surface area contributed by atoms with Gasteiger partial charge in [-0.3, -0.25) is 13.9 Å². The second-order valence-corrected chi connectivity index (χ2v) is 13.4. The van der Waals surface area contributed by atoms with Crippen LogP contribution in [0.15, 0.2) is 72.8 Å². The molecule has 0 saturated heterocycles. The molecular weight excluding hydrogens is 605 g/mol. The fourth-order valence-corrected chi connectivity index (χ4v) is 6.73. The minimum absolute atomic E-state index is 0.0148. The van der Waals surface area contributed by atoms with E-state index >= 15 is 0 Å². The van der Waals surface area contributed by atoms with Gasteiger partial charge in [-0.25, -0.2) is 12.8 Å². The molecule has 3 aromatic rings. The van der Waals surface area contributed by atoms with Crippen molar-refractivity contribution >= 4 is 39.1 Å². The Morgan fingerprint density at radius 2 is 1.70 bits per heavy atom. The fraction of sp³-hybridized carbons (Fsp3) is 0.394. The third-order valence-corrected chi connectivity index (χ3v) is 9.30. The average Bonchev–Trinajstić information content (AvgIpc) is 3.51. The molecule has 236 valence electrons. The van der Waals surface area contributed by atoms with Crippen LogP contribution < -0.4 is 14.4 Å². The summed E-state index contributed by atoms with van der Waals surface area (Å²) in [6.07, 6.45) is 5.45. The first-order valence-electron chi connectivity index (χ1n) is 14.7. The molecule has 2 amide bonds. The van der Waals surface area contributed by atoms with Gasteiger partial charge in [-0.2, -0.15) is 0 Å². The zero-order valence-corrected chi connectivity index (χ0v) is 26.6. The molecule has 1 atom stereocenters. The molecule has 0 aromatic heterocycles. The zero-order valence-electron chi connectivity index (χ0n) is 25.0. The maximum Gasteiger partial charge on any atom is 0.243 e. The van der Waals surface area contributed by atoms with Crippen molar-refractivity contribution in [3.05, 3.63) is 94.8 Å².